The van der Waals surface area contributed by atoms with Crippen LogP contribution in [-0.4, -0.2) is 52.7 Å². The zero-order valence-corrected chi connectivity index (χ0v) is 16.3. The highest BCUT2D eigenvalue weighted by atomic mass is 16.3. The number of nitrogens with zero attached hydrogens (tertiary/aromatic N) is 2. The van der Waals surface area contributed by atoms with E-state index in [1.54, 1.807) is 0 Å². The second-order valence-electron chi connectivity index (χ2n) is 8.47. The van der Waals surface area contributed by atoms with Gasteiger partial charge in [-0.3, -0.25) is 9.48 Å². The van der Waals surface area contributed by atoms with E-state index in [9.17, 15) is 5.11 Å². The van der Waals surface area contributed by atoms with Gasteiger partial charge in [-0.15, -0.1) is 0 Å². The number of hydrogen-bond acceptors (Lipinski definition) is 2. The molecule has 0 aromatic heterocycles. The molecule has 24 heavy (non-hydrogen) atoms. The molecule has 1 atom stereocenters. The van der Waals surface area contributed by atoms with E-state index in [2.05, 4.69) is 29.7 Å². The highest BCUT2D eigenvalue weighted by molar-refractivity contribution is 5.51. The van der Waals surface area contributed by atoms with Crippen molar-refractivity contribution in [3.63, 3.8) is 0 Å². The standard InChI is InChI=1S/C21H41N2O/c1-19(2)16-21(17-24)23-15-14-22(18-23)20-12-10-8-6-4-3-5-7-9-11-13-20/h18-21,24H,3-17H2,1-2H3/q+1/t21-/m0/s1. The van der Waals surface area contributed by atoms with Gasteiger partial charge in [0.2, 0.25) is 6.34 Å². The number of rotatable bonds is 5. The molecule has 0 bridgehead atoms. The molecule has 1 N–H and O–H groups in total. The normalized spacial score (nSPS) is 23.7. The van der Waals surface area contributed by atoms with Crippen molar-refractivity contribution < 1.29 is 9.68 Å². The summed E-state index contributed by atoms with van der Waals surface area (Å²) in [5.74, 6) is 0.644. The molecule has 0 unspecified atom stereocenters. The first-order valence-corrected chi connectivity index (χ1v) is 10.7. The second kappa shape index (κ2) is 11.1. The summed E-state index contributed by atoms with van der Waals surface area (Å²) < 4.78 is 2.61. The van der Waals surface area contributed by atoms with Crippen LogP contribution in [0.5, 0.6) is 0 Å². The zero-order chi connectivity index (χ0) is 17.2. The average Bonchev–Trinajstić information content (AvgIpc) is 3.02. The molecule has 0 radical (unpaired) electrons. The van der Waals surface area contributed by atoms with Gasteiger partial charge in [-0.05, 0) is 38.0 Å². The molecule has 1 aliphatic heterocycles. The first kappa shape index (κ1) is 19.8. The minimum absolute atomic E-state index is 0.285. The van der Waals surface area contributed by atoms with Crippen molar-refractivity contribution in [2.45, 2.75) is 103 Å². The van der Waals surface area contributed by atoms with E-state index in [-0.39, 0.29) is 6.61 Å². The Hall–Kier alpha value is -0.570. The van der Waals surface area contributed by atoms with Crippen molar-refractivity contribution in [2.75, 3.05) is 19.7 Å². The SMILES string of the molecule is CC(C)C[C@@H](CO)N1C=[N+](C2CCCCCCCCCCC2)CC1. The molecule has 0 saturated heterocycles. The predicted octanol–water partition coefficient (Wildman–Crippen LogP) is 4.42. The van der Waals surface area contributed by atoms with Gasteiger partial charge in [0.25, 0.3) is 0 Å². The fraction of sp³-hybridized carbons (Fsp3) is 0.952. The maximum Gasteiger partial charge on any atom is 0.234 e. The Labute approximate surface area is 150 Å². The lowest BCUT2D eigenvalue weighted by molar-refractivity contribution is -0.555. The lowest BCUT2D eigenvalue weighted by atomic mass is 9.97. The number of aliphatic hydroxyl groups is 1. The summed E-state index contributed by atoms with van der Waals surface area (Å²) in [7, 11) is 0. The molecule has 0 spiro atoms. The van der Waals surface area contributed by atoms with Crippen molar-refractivity contribution in [2.24, 2.45) is 5.92 Å². The Balaban J connectivity index is 1.91. The van der Waals surface area contributed by atoms with Gasteiger partial charge in [-0.2, -0.15) is 0 Å². The Morgan fingerprint density at radius 2 is 1.50 bits per heavy atom. The van der Waals surface area contributed by atoms with Crippen LogP contribution >= 0.6 is 0 Å². The van der Waals surface area contributed by atoms with Crippen LogP contribution in [0.2, 0.25) is 0 Å². The number of aliphatic hydroxyl groups excluding tert-OH is 1. The maximum atomic E-state index is 9.76. The van der Waals surface area contributed by atoms with Gasteiger partial charge in [0.1, 0.15) is 19.1 Å². The third kappa shape index (κ3) is 6.74. The van der Waals surface area contributed by atoms with Gasteiger partial charge in [0.15, 0.2) is 0 Å². The first-order valence-electron chi connectivity index (χ1n) is 10.7. The average molecular weight is 338 g/mol. The van der Waals surface area contributed by atoms with E-state index < -0.39 is 0 Å². The number of hydrogen-bond donors (Lipinski definition) is 1. The van der Waals surface area contributed by atoms with Crippen LogP contribution in [0, 0.1) is 5.92 Å². The van der Waals surface area contributed by atoms with Crippen molar-refractivity contribution in [1.82, 2.24) is 4.90 Å². The van der Waals surface area contributed by atoms with Crippen molar-refractivity contribution >= 4 is 6.34 Å². The molecule has 0 amide bonds. The minimum atomic E-state index is 0.285. The first-order chi connectivity index (χ1) is 11.7. The highest BCUT2D eigenvalue weighted by Crippen LogP contribution is 2.20. The Kier molecular flexibility index (Phi) is 9.15. The minimum Gasteiger partial charge on any atom is -0.392 e. The quantitative estimate of drug-likeness (QED) is 0.752. The molecule has 1 saturated carbocycles. The molecular formula is C21H41N2O+. The molecule has 140 valence electrons. The lowest BCUT2D eigenvalue weighted by Crippen LogP contribution is -2.37. The molecule has 2 rings (SSSR count). The Morgan fingerprint density at radius 1 is 0.958 bits per heavy atom. The molecule has 3 heteroatoms. The van der Waals surface area contributed by atoms with E-state index in [0.717, 1.165) is 25.6 Å². The summed E-state index contributed by atoms with van der Waals surface area (Å²) in [6.07, 6.45) is 19.0. The monoisotopic (exact) mass is 337 g/mol. The molecule has 0 aromatic carbocycles. The summed E-state index contributed by atoms with van der Waals surface area (Å²) in [6.45, 7) is 7.04. The van der Waals surface area contributed by atoms with E-state index in [1.807, 2.05) is 0 Å². The Bertz CT molecular complexity index is 355. The van der Waals surface area contributed by atoms with Crippen molar-refractivity contribution in [3.05, 3.63) is 0 Å². The van der Waals surface area contributed by atoms with Crippen LogP contribution in [0.3, 0.4) is 0 Å². The molecule has 3 nitrogen and oxygen atoms in total. The van der Waals surface area contributed by atoms with Crippen molar-refractivity contribution in [3.8, 4) is 0 Å². The van der Waals surface area contributed by atoms with E-state index in [1.165, 1.54) is 70.6 Å². The van der Waals surface area contributed by atoms with Gasteiger partial charge in [-0.1, -0.05) is 58.8 Å². The smallest absolute Gasteiger partial charge is 0.234 e. The third-order valence-electron chi connectivity index (χ3n) is 5.88. The van der Waals surface area contributed by atoms with Crippen LogP contribution in [0.15, 0.2) is 0 Å². The molecular weight excluding hydrogens is 296 g/mol. The summed E-state index contributed by atoms with van der Waals surface area (Å²) in [6, 6.07) is 1.04. The fourth-order valence-electron chi connectivity index (χ4n) is 4.42. The van der Waals surface area contributed by atoms with Crippen LogP contribution < -0.4 is 0 Å². The molecule has 1 fully saturated rings. The van der Waals surface area contributed by atoms with Crippen LogP contribution in [0.1, 0.15) is 90.9 Å². The second-order valence-corrected chi connectivity index (χ2v) is 8.47. The topological polar surface area (TPSA) is 26.5 Å². The summed E-state index contributed by atoms with van der Waals surface area (Å²) in [5.41, 5.74) is 0. The molecule has 1 aliphatic carbocycles. The summed E-state index contributed by atoms with van der Waals surface area (Å²) >= 11 is 0. The summed E-state index contributed by atoms with van der Waals surface area (Å²) in [5, 5.41) is 9.76. The van der Waals surface area contributed by atoms with E-state index in [4.69, 9.17) is 0 Å². The van der Waals surface area contributed by atoms with E-state index in [0.29, 0.717) is 12.0 Å². The van der Waals surface area contributed by atoms with Crippen LogP contribution in [-0.2, 0) is 0 Å². The van der Waals surface area contributed by atoms with Gasteiger partial charge in [0.05, 0.1) is 12.6 Å². The van der Waals surface area contributed by atoms with Crippen LogP contribution in [0.25, 0.3) is 0 Å². The highest BCUT2D eigenvalue weighted by Gasteiger charge is 2.30. The molecule has 0 aromatic rings. The third-order valence-corrected chi connectivity index (χ3v) is 5.88. The van der Waals surface area contributed by atoms with Crippen molar-refractivity contribution in [1.29, 1.82) is 0 Å². The largest absolute Gasteiger partial charge is 0.392 e. The zero-order valence-electron chi connectivity index (χ0n) is 16.3. The Morgan fingerprint density at radius 3 is 2.00 bits per heavy atom. The van der Waals surface area contributed by atoms with Gasteiger partial charge in [-0.25, -0.2) is 0 Å². The van der Waals surface area contributed by atoms with Gasteiger partial charge < -0.3 is 5.11 Å². The molecule has 1 heterocycles. The van der Waals surface area contributed by atoms with Gasteiger partial charge >= 0.3 is 0 Å². The summed E-state index contributed by atoms with van der Waals surface area (Å²) in [4.78, 5) is 2.41. The maximum absolute atomic E-state index is 9.76. The fourth-order valence-corrected chi connectivity index (χ4v) is 4.42. The predicted molar refractivity (Wildman–Crippen MR) is 103 cm³/mol. The van der Waals surface area contributed by atoms with Gasteiger partial charge in [0, 0.05) is 0 Å². The lowest BCUT2D eigenvalue weighted by Gasteiger charge is -2.20. The van der Waals surface area contributed by atoms with Crippen LogP contribution in [0.4, 0.5) is 0 Å². The van der Waals surface area contributed by atoms with E-state index >= 15 is 0 Å². The molecule has 2 aliphatic rings.